The number of urea groups is 1. The maximum absolute atomic E-state index is 12.0. The summed E-state index contributed by atoms with van der Waals surface area (Å²) in [7, 11) is 3.95. The minimum absolute atomic E-state index is 0.179. The highest BCUT2D eigenvalue weighted by atomic mass is 16.2. The molecule has 6 heteroatoms. The van der Waals surface area contributed by atoms with Crippen LogP contribution in [0.4, 0.5) is 16.2 Å². The molecule has 0 unspecified atom stereocenters. The Morgan fingerprint density at radius 2 is 1.81 bits per heavy atom. The molecule has 0 atom stereocenters. The molecule has 0 heterocycles. The molecule has 6 nitrogen and oxygen atoms in total. The third-order valence-electron chi connectivity index (χ3n) is 3.69. The second kappa shape index (κ2) is 9.27. The van der Waals surface area contributed by atoms with E-state index in [1.165, 1.54) is 0 Å². The minimum Gasteiger partial charge on any atom is -0.378 e. The normalized spacial score (nSPS) is 9.92. The van der Waals surface area contributed by atoms with Gasteiger partial charge in [-0.1, -0.05) is 18.2 Å². The average molecular weight is 352 g/mol. The van der Waals surface area contributed by atoms with Gasteiger partial charge in [-0.25, -0.2) is 4.79 Å². The van der Waals surface area contributed by atoms with Crippen LogP contribution in [-0.2, 0) is 6.54 Å². The lowest BCUT2D eigenvalue weighted by molar-refractivity contribution is 0.0958. The van der Waals surface area contributed by atoms with Gasteiger partial charge >= 0.3 is 6.03 Å². The third-order valence-corrected chi connectivity index (χ3v) is 3.69. The summed E-state index contributed by atoms with van der Waals surface area (Å²) in [5.41, 5.74) is 3.23. The van der Waals surface area contributed by atoms with Gasteiger partial charge in [0, 0.05) is 44.1 Å². The van der Waals surface area contributed by atoms with Gasteiger partial charge in [0.2, 0.25) is 0 Å². The Labute approximate surface area is 153 Å². The summed E-state index contributed by atoms with van der Waals surface area (Å²) >= 11 is 0. The second-order valence-electron chi connectivity index (χ2n) is 5.95. The number of nitrogens with zero attached hydrogens (tertiary/aromatic N) is 1. The van der Waals surface area contributed by atoms with Crippen molar-refractivity contribution in [2.75, 3.05) is 30.9 Å². The molecule has 2 aromatic carbocycles. The quantitative estimate of drug-likeness (QED) is 0.671. The molecule has 0 saturated carbocycles. The van der Waals surface area contributed by atoms with Crippen LogP contribution in [-0.4, -0.2) is 32.6 Å². The van der Waals surface area contributed by atoms with Crippen molar-refractivity contribution in [2.24, 2.45) is 0 Å². The molecule has 0 saturated heterocycles. The van der Waals surface area contributed by atoms with Crippen LogP contribution in [0.5, 0.6) is 0 Å². The Bertz CT molecular complexity index is 770. The van der Waals surface area contributed by atoms with E-state index < -0.39 is 0 Å². The Balaban J connectivity index is 1.86. The van der Waals surface area contributed by atoms with E-state index in [-0.39, 0.29) is 11.9 Å². The average Bonchev–Trinajstić information content (AvgIpc) is 2.65. The lowest BCUT2D eigenvalue weighted by Crippen LogP contribution is -2.28. The van der Waals surface area contributed by atoms with E-state index in [1.807, 2.05) is 43.3 Å². The maximum Gasteiger partial charge on any atom is 0.319 e. The monoisotopic (exact) mass is 352 g/mol. The Kier molecular flexibility index (Phi) is 6.79. The molecule has 2 rings (SSSR count). The van der Waals surface area contributed by atoms with Crippen LogP contribution in [0.25, 0.3) is 0 Å². The number of benzene rings is 2. The number of nitrogens with one attached hydrogen (secondary N) is 3. The van der Waals surface area contributed by atoms with Gasteiger partial charge in [-0.05, 0) is 42.0 Å². The first-order chi connectivity index (χ1) is 12.5. The Morgan fingerprint density at radius 1 is 1.08 bits per heavy atom. The highest BCUT2D eigenvalue weighted by Crippen LogP contribution is 2.13. The number of hydrogen-bond donors (Lipinski definition) is 3. The van der Waals surface area contributed by atoms with Crippen LogP contribution in [0.2, 0.25) is 0 Å². The van der Waals surface area contributed by atoms with Crippen LogP contribution in [0.1, 0.15) is 15.9 Å². The molecule has 3 amide bonds. The van der Waals surface area contributed by atoms with Crippen molar-refractivity contribution < 1.29 is 9.59 Å². The molecule has 0 spiro atoms. The highest BCUT2D eigenvalue weighted by molar-refractivity contribution is 5.95. The predicted molar refractivity (Wildman–Crippen MR) is 106 cm³/mol. The molecule has 0 aliphatic carbocycles. The SMILES string of the molecule is C=CCNC(=O)c1ccc(NC(=O)NCc2cccc(N(C)C)c2)cc1. The van der Waals surface area contributed by atoms with Crippen molar-refractivity contribution in [1.82, 2.24) is 10.6 Å². The fraction of sp³-hybridized carbons (Fsp3) is 0.200. The van der Waals surface area contributed by atoms with Gasteiger partial charge in [-0.15, -0.1) is 6.58 Å². The lowest BCUT2D eigenvalue weighted by atomic mass is 10.2. The first-order valence-corrected chi connectivity index (χ1v) is 8.30. The van der Waals surface area contributed by atoms with Crippen LogP contribution in [0.3, 0.4) is 0 Å². The van der Waals surface area contributed by atoms with E-state index in [1.54, 1.807) is 30.3 Å². The van der Waals surface area contributed by atoms with Crippen molar-refractivity contribution in [3.8, 4) is 0 Å². The molecule has 2 aromatic rings. The molecule has 26 heavy (non-hydrogen) atoms. The van der Waals surface area contributed by atoms with Crippen LogP contribution in [0.15, 0.2) is 61.2 Å². The van der Waals surface area contributed by atoms with E-state index in [9.17, 15) is 9.59 Å². The summed E-state index contributed by atoms with van der Waals surface area (Å²) in [5, 5.41) is 8.27. The number of hydrogen-bond acceptors (Lipinski definition) is 3. The van der Waals surface area contributed by atoms with Gasteiger partial charge in [0.15, 0.2) is 0 Å². The number of amides is 3. The van der Waals surface area contributed by atoms with Gasteiger partial charge in [-0.3, -0.25) is 4.79 Å². The largest absolute Gasteiger partial charge is 0.378 e. The topological polar surface area (TPSA) is 73.5 Å². The Morgan fingerprint density at radius 3 is 2.46 bits per heavy atom. The summed E-state index contributed by atoms with van der Waals surface area (Å²) in [6.07, 6.45) is 1.62. The fourth-order valence-electron chi connectivity index (χ4n) is 2.27. The van der Waals surface area contributed by atoms with Crippen molar-refractivity contribution in [2.45, 2.75) is 6.54 Å². The molecule has 0 bridgehead atoms. The summed E-state index contributed by atoms with van der Waals surface area (Å²) in [6, 6.07) is 14.4. The van der Waals surface area contributed by atoms with Gasteiger partial charge in [0.1, 0.15) is 0 Å². The third kappa shape index (κ3) is 5.66. The standard InChI is InChI=1S/C20H24N4O2/c1-4-12-21-19(25)16-8-10-17(11-9-16)23-20(26)22-14-15-6-5-7-18(13-15)24(2)3/h4-11,13H,1,12,14H2,2-3H3,(H,21,25)(H2,22,23,26). The van der Waals surface area contributed by atoms with E-state index in [0.29, 0.717) is 24.3 Å². The number of rotatable bonds is 7. The zero-order valence-corrected chi connectivity index (χ0v) is 15.1. The fourth-order valence-corrected chi connectivity index (χ4v) is 2.27. The summed E-state index contributed by atoms with van der Waals surface area (Å²) < 4.78 is 0. The molecular weight excluding hydrogens is 328 g/mol. The highest BCUT2D eigenvalue weighted by Gasteiger charge is 2.06. The van der Waals surface area contributed by atoms with E-state index in [2.05, 4.69) is 22.5 Å². The second-order valence-corrected chi connectivity index (χ2v) is 5.95. The van der Waals surface area contributed by atoms with Gasteiger partial charge < -0.3 is 20.9 Å². The zero-order valence-electron chi connectivity index (χ0n) is 15.1. The number of carbonyl (C=O) groups excluding carboxylic acids is 2. The number of carbonyl (C=O) groups is 2. The van der Waals surface area contributed by atoms with Crippen molar-refractivity contribution in [3.63, 3.8) is 0 Å². The molecule has 0 aromatic heterocycles. The van der Waals surface area contributed by atoms with E-state index in [4.69, 9.17) is 0 Å². The summed E-state index contributed by atoms with van der Waals surface area (Å²) in [6.45, 7) is 4.39. The smallest absolute Gasteiger partial charge is 0.319 e. The van der Waals surface area contributed by atoms with E-state index in [0.717, 1.165) is 11.3 Å². The predicted octanol–water partition coefficient (Wildman–Crippen LogP) is 2.99. The first-order valence-electron chi connectivity index (χ1n) is 8.30. The van der Waals surface area contributed by atoms with Crippen molar-refractivity contribution >= 4 is 23.3 Å². The minimum atomic E-state index is -0.302. The summed E-state index contributed by atoms with van der Waals surface area (Å²) in [5.74, 6) is -0.179. The first kappa shape index (κ1) is 19.1. The molecule has 0 fully saturated rings. The Hall–Kier alpha value is -3.28. The van der Waals surface area contributed by atoms with E-state index >= 15 is 0 Å². The lowest BCUT2D eigenvalue weighted by Gasteiger charge is -2.14. The molecule has 0 aliphatic heterocycles. The summed E-state index contributed by atoms with van der Waals surface area (Å²) in [4.78, 5) is 25.9. The number of anilines is 2. The van der Waals surface area contributed by atoms with Gasteiger partial charge in [-0.2, -0.15) is 0 Å². The van der Waals surface area contributed by atoms with Crippen LogP contribution in [0, 0.1) is 0 Å². The molecule has 0 aliphatic rings. The van der Waals surface area contributed by atoms with Crippen molar-refractivity contribution in [1.29, 1.82) is 0 Å². The van der Waals surface area contributed by atoms with Crippen LogP contribution >= 0.6 is 0 Å². The zero-order chi connectivity index (χ0) is 18.9. The van der Waals surface area contributed by atoms with Crippen LogP contribution < -0.4 is 20.9 Å². The maximum atomic E-state index is 12.0. The van der Waals surface area contributed by atoms with Crippen molar-refractivity contribution in [3.05, 3.63) is 72.3 Å². The molecule has 3 N–H and O–H groups in total. The van der Waals surface area contributed by atoms with Gasteiger partial charge in [0.05, 0.1) is 0 Å². The molecular formula is C20H24N4O2. The van der Waals surface area contributed by atoms with Gasteiger partial charge in [0.25, 0.3) is 5.91 Å². The molecule has 0 radical (unpaired) electrons. The molecule has 136 valence electrons.